The van der Waals surface area contributed by atoms with Crippen molar-refractivity contribution in [2.24, 2.45) is 7.05 Å². The van der Waals surface area contributed by atoms with E-state index < -0.39 is 0 Å². The van der Waals surface area contributed by atoms with Gasteiger partial charge in [0.15, 0.2) is 0 Å². The maximum Gasteiger partial charge on any atom is 0.130 e. The van der Waals surface area contributed by atoms with Crippen molar-refractivity contribution in [2.45, 2.75) is 52.7 Å². The van der Waals surface area contributed by atoms with Crippen LogP contribution in [0.1, 0.15) is 47.9 Å². The Balaban J connectivity index is 1.86. The predicted octanol–water partition coefficient (Wildman–Crippen LogP) is 2.64. The molecule has 1 aliphatic rings. The lowest BCUT2D eigenvalue weighted by atomic mass is 10.0. The largest absolute Gasteiger partial charge is 0.371 e. The number of nitrogens with zero attached hydrogens (tertiary/aromatic N) is 4. The quantitative estimate of drug-likeness (QED) is 0.939. The topological polar surface area (TPSA) is 64.9 Å². The SMILES string of the molecule is CCc1nc(C)cc(N[C@H]2CCO[C@@H]2c2c(C)nn(C)c2C)n1. The Kier molecular flexibility index (Phi) is 4.35. The molecule has 2 aromatic rings. The molecule has 0 aromatic carbocycles. The number of ether oxygens (including phenoxy) is 1. The highest BCUT2D eigenvalue weighted by atomic mass is 16.5. The molecule has 23 heavy (non-hydrogen) atoms. The van der Waals surface area contributed by atoms with Gasteiger partial charge < -0.3 is 10.1 Å². The Labute approximate surface area is 137 Å². The van der Waals surface area contributed by atoms with Gasteiger partial charge in [-0.1, -0.05) is 6.92 Å². The minimum atomic E-state index is 0.0176. The molecule has 0 spiro atoms. The smallest absolute Gasteiger partial charge is 0.130 e. The third-order valence-electron chi connectivity index (χ3n) is 4.49. The van der Waals surface area contributed by atoms with Gasteiger partial charge in [-0.2, -0.15) is 5.10 Å². The molecule has 2 aromatic heterocycles. The molecule has 1 saturated heterocycles. The molecule has 0 saturated carbocycles. The van der Waals surface area contributed by atoms with Crippen LogP contribution < -0.4 is 5.32 Å². The maximum absolute atomic E-state index is 6.03. The average molecular weight is 315 g/mol. The van der Waals surface area contributed by atoms with Crippen LogP contribution in [0, 0.1) is 20.8 Å². The highest BCUT2D eigenvalue weighted by Gasteiger charge is 2.33. The third kappa shape index (κ3) is 3.08. The third-order valence-corrected chi connectivity index (χ3v) is 4.49. The van der Waals surface area contributed by atoms with Crippen molar-refractivity contribution in [3.05, 3.63) is 34.5 Å². The molecule has 0 radical (unpaired) electrons. The first kappa shape index (κ1) is 15.9. The van der Waals surface area contributed by atoms with E-state index in [1.807, 2.05) is 31.6 Å². The number of hydrogen-bond acceptors (Lipinski definition) is 5. The number of aromatic nitrogens is 4. The standard InChI is InChI=1S/C17H25N5O/c1-6-14-18-10(2)9-15(20-14)19-13-7-8-23-17(13)16-11(3)21-22(5)12(16)4/h9,13,17H,6-8H2,1-5H3,(H,18,19,20)/t13-,17-/m0/s1. The van der Waals surface area contributed by atoms with Gasteiger partial charge in [0.1, 0.15) is 17.7 Å². The molecule has 0 bridgehead atoms. The summed E-state index contributed by atoms with van der Waals surface area (Å²) >= 11 is 0. The zero-order chi connectivity index (χ0) is 16.6. The van der Waals surface area contributed by atoms with E-state index >= 15 is 0 Å². The van der Waals surface area contributed by atoms with E-state index in [1.165, 1.54) is 5.56 Å². The normalized spacial score (nSPS) is 20.9. The van der Waals surface area contributed by atoms with E-state index in [-0.39, 0.29) is 12.1 Å². The molecular formula is C17H25N5O. The van der Waals surface area contributed by atoms with Gasteiger partial charge in [-0.25, -0.2) is 9.97 Å². The molecule has 0 amide bonds. The number of aryl methyl sites for hydroxylation is 4. The van der Waals surface area contributed by atoms with Gasteiger partial charge in [0, 0.05) is 43.1 Å². The minimum Gasteiger partial charge on any atom is -0.371 e. The van der Waals surface area contributed by atoms with Crippen LogP contribution in [-0.2, 0) is 18.2 Å². The summed E-state index contributed by atoms with van der Waals surface area (Å²) in [6.45, 7) is 8.97. The van der Waals surface area contributed by atoms with Gasteiger partial charge in [-0.3, -0.25) is 4.68 Å². The summed E-state index contributed by atoms with van der Waals surface area (Å²) in [5, 5.41) is 8.08. The number of rotatable bonds is 4. The Hall–Kier alpha value is -1.95. The van der Waals surface area contributed by atoms with Crippen LogP contribution in [0.2, 0.25) is 0 Å². The maximum atomic E-state index is 6.03. The molecule has 1 fully saturated rings. The Bertz CT molecular complexity index is 709. The molecule has 3 heterocycles. The fourth-order valence-electron chi connectivity index (χ4n) is 3.28. The van der Waals surface area contributed by atoms with E-state index in [2.05, 4.69) is 34.2 Å². The summed E-state index contributed by atoms with van der Waals surface area (Å²) in [7, 11) is 1.98. The lowest BCUT2D eigenvalue weighted by Crippen LogP contribution is -2.25. The molecule has 2 atom stereocenters. The summed E-state index contributed by atoms with van der Waals surface area (Å²) in [6.07, 6.45) is 1.81. The molecule has 6 nitrogen and oxygen atoms in total. The summed E-state index contributed by atoms with van der Waals surface area (Å²) in [4.78, 5) is 9.04. The second-order valence-corrected chi connectivity index (χ2v) is 6.20. The van der Waals surface area contributed by atoms with Crippen LogP contribution in [0.3, 0.4) is 0 Å². The van der Waals surface area contributed by atoms with E-state index in [4.69, 9.17) is 4.74 Å². The summed E-state index contributed by atoms with van der Waals surface area (Å²) < 4.78 is 7.95. The van der Waals surface area contributed by atoms with Crippen molar-refractivity contribution in [1.29, 1.82) is 0 Å². The van der Waals surface area contributed by atoms with Crippen LogP contribution in [0.4, 0.5) is 5.82 Å². The highest BCUT2D eigenvalue weighted by Crippen LogP contribution is 2.34. The van der Waals surface area contributed by atoms with Crippen molar-refractivity contribution in [2.75, 3.05) is 11.9 Å². The van der Waals surface area contributed by atoms with Gasteiger partial charge in [-0.15, -0.1) is 0 Å². The van der Waals surface area contributed by atoms with Gasteiger partial charge in [0.25, 0.3) is 0 Å². The predicted molar refractivity (Wildman–Crippen MR) is 89.5 cm³/mol. The van der Waals surface area contributed by atoms with Crippen LogP contribution in [-0.4, -0.2) is 32.4 Å². The van der Waals surface area contributed by atoms with E-state index in [0.29, 0.717) is 0 Å². The Morgan fingerprint density at radius 2 is 2.09 bits per heavy atom. The molecule has 0 unspecified atom stereocenters. The molecule has 6 heteroatoms. The first-order valence-corrected chi connectivity index (χ1v) is 8.22. The second kappa shape index (κ2) is 6.28. The van der Waals surface area contributed by atoms with Crippen molar-refractivity contribution < 1.29 is 4.74 Å². The molecule has 0 aliphatic carbocycles. The molecule has 3 rings (SSSR count). The van der Waals surface area contributed by atoms with Gasteiger partial charge in [0.2, 0.25) is 0 Å². The van der Waals surface area contributed by atoms with Crippen molar-refractivity contribution in [3.63, 3.8) is 0 Å². The van der Waals surface area contributed by atoms with Gasteiger partial charge in [0.05, 0.1) is 11.7 Å². The second-order valence-electron chi connectivity index (χ2n) is 6.20. The van der Waals surface area contributed by atoms with Crippen molar-refractivity contribution in [3.8, 4) is 0 Å². The van der Waals surface area contributed by atoms with Crippen LogP contribution in [0.15, 0.2) is 6.07 Å². The van der Waals surface area contributed by atoms with E-state index in [9.17, 15) is 0 Å². The van der Waals surface area contributed by atoms with Crippen LogP contribution in [0.5, 0.6) is 0 Å². The lowest BCUT2D eigenvalue weighted by Gasteiger charge is -2.21. The van der Waals surface area contributed by atoms with Gasteiger partial charge >= 0.3 is 0 Å². The Morgan fingerprint density at radius 1 is 1.30 bits per heavy atom. The van der Waals surface area contributed by atoms with Crippen molar-refractivity contribution >= 4 is 5.82 Å². The number of nitrogens with one attached hydrogen (secondary N) is 1. The van der Waals surface area contributed by atoms with Gasteiger partial charge in [-0.05, 0) is 27.2 Å². The number of hydrogen-bond donors (Lipinski definition) is 1. The summed E-state index contributed by atoms with van der Waals surface area (Å²) in [5.41, 5.74) is 4.39. The summed E-state index contributed by atoms with van der Waals surface area (Å²) in [6, 6.07) is 2.20. The molecule has 124 valence electrons. The minimum absolute atomic E-state index is 0.0176. The van der Waals surface area contributed by atoms with E-state index in [0.717, 1.165) is 48.2 Å². The number of anilines is 1. The van der Waals surface area contributed by atoms with Crippen molar-refractivity contribution in [1.82, 2.24) is 19.7 Å². The molecular weight excluding hydrogens is 290 g/mol. The Morgan fingerprint density at radius 3 is 2.74 bits per heavy atom. The van der Waals surface area contributed by atoms with Crippen LogP contribution >= 0.6 is 0 Å². The molecule has 1 N–H and O–H groups in total. The molecule has 1 aliphatic heterocycles. The highest BCUT2D eigenvalue weighted by molar-refractivity contribution is 5.40. The summed E-state index contributed by atoms with van der Waals surface area (Å²) in [5.74, 6) is 1.76. The fraction of sp³-hybridized carbons (Fsp3) is 0.588. The lowest BCUT2D eigenvalue weighted by molar-refractivity contribution is 0.106. The fourth-order valence-corrected chi connectivity index (χ4v) is 3.28. The zero-order valence-electron chi connectivity index (χ0n) is 14.6. The monoisotopic (exact) mass is 315 g/mol. The van der Waals surface area contributed by atoms with E-state index in [1.54, 1.807) is 0 Å². The first-order valence-electron chi connectivity index (χ1n) is 8.22. The zero-order valence-corrected chi connectivity index (χ0v) is 14.6. The van der Waals surface area contributed by atoms with Crippen LogP contribution in [0.25, 0.3) is 0 Å². The average Bonchev–Trinajstić information content (AvgIpc) is 3.03. The first-order chi connectivity index (χ1) is 11.0.